The average molecular weight is 274 g/mol. The summed E-state index contributed by atoms with van der Waals surface area (Å²) < 4.78 is 38.9. The van der Waals surface area contributed by atoms with Crippen molar-refractivity contribution in [3.05, 3.63) is 29.6 Å². The van der Waals surface area contributed by atoms with Gasteiger partial charge in [0.1, 0.15) is 0 Å². The van der Waals surface area contributed by atoms with Gasteiger partial charge in [-0.2, -0.15) is 0 Å². The molecule has 1 aromatic carbocycles. The highest BCUT2D eigenvalue weighted by Crippen LogP contribution is 2.25. The summed E-state index contributed by atoms with van der Waals surface area (Å²) in [4.78, 5) is 11.7. The number of hydrogen-bond donors (Lipinski definition) is 3. The minimum absolute atomic E-state index is 0.375. The summed E-state index contributed by atoms with van der Waals surface area (Å²) >= 11 is 0. The number of aliphatic hydroxyl groups is 1. The summed E-state index contributed by atoms with van der Waals surface area (Å²) in [6, 6.07) is 1.72. The molecule has 2 rings (SSSR count). The first-order chi connectivity index (χ1) is 9.00. The number of amides is 1. The van der Waals surface area contributed by atoms with Crippen LogP contribution in [0.15, 0.2) is 12.1 Å². The number of hydrazine groups is 1. The van der Waals surface area contributed by atoms with Crippen LogP contribution in [0.4, 0.5) is 18.9 Å². The van der Waals surface area contributed by atoms with Crippen molar-refractivity contribution >= 4 is 11.6 Å². The van der Waals surface area contributed by atoms with Gasteiger partial charge in [0.2, 0.25) is 5.91 Å². The molecule has 1 saturated carbocycles. The second-order valence-corrected chi connectivity index (χ2v) is 4.44. The van der Waals surface area contributed by atoms with Gasteiger partial charge in [-0.25, -0.2) is 13.2 Å². The summed E-state index contributed by atoms with van der Waals surface area (Å²) in [5.41, 5.74) is 3.99. The van der Waals surface area contributed by atoms with Crippen LogP contribution in [-0.2, 0) is 4.79 Å². The van der Waals surface area contributed by atoms with Crippen LogP contribution in [0.5, 0.6) is 0 Å². The van der Waals surface area contributed by atoms with Crippen molar-refractivity contribution in [2.45, 2.75) is 25.4 Å². The fourth-order valence-electron chi connectivity index (χ4n) is 2.09. The van der Waals surface area contributed by atoms with Gasteiger partial charge in [-0.05, 0) is 31.4 Å². The first-order valence-corrected chi connectivity index (χ1v) is 5.88. The Hall–Kier alpha value is -1.76. The van der Waals surface area contributed by atoms with Crippen LogP contribution in [-0.4, -0.2) is 17.1 Å². The van der Waals surface area contributed by atoms with Gasteiger partial charge in [-0.1, -0.05) is 0 Å². The summed E-state index contributed by atoms with van der Waals surface area (Å²) in [6.07, 6.45) is 1.09. The number of hydrogen-bond acceptors (Lipinski definition) is 3. The molecule has 2 unspecified atom stereocenters. The lowest BCUT2D eigenvalue weighted by atomic mass is 10.1. The van der Waals surface area contributed by atoms with E-state index in [9.17, 15) is 23.1 Å². The fourth-order valence-corrected chi connectivity index (χ4v) is 2.09. The zero-order chi connectivity index (χ0) is 14.0. The van der Waals surface area contributed by atoms with E-state index in [2.05, 4.69) is 10.9 Å². The molecule has 1 aliphatic rings. The number of carbonyl (C=O) groups excluding carboxylic acids is 1. The zero-order valence-electron chi connectivity index (χ0n) is 9.92. The Labute approximate surface area is 107 Å². The Balaban J connectivity index is 1.99. The molecular formula is C12H13F3N2O2. The molecule has 0 aliphatic heterocycles. The molecule has 3 N–H and O–H groups in total. The monoisotopic (exact) mass is 274 g/mol. The minimum Gasteiger partial charge on any atom is -0.392 e. The van der Waals surface area contributed by atoms with E-state index in [0.717, 1.165) is 18.6 Å². The van der Waals surface area contributed by atoms with Crippen molar-refractivity contribution in [1.29, 1.82) is 0 Å². The van der Waals surface area contributed by atoms with Gasteiger partial charge in [0.25, 0.3) is 0 Å². The number of anilines is 1. The molecule has 0 saturated heterocycles. The van der Waals surface area contributed by atoms with Crippen LogP contribution in [0.3, 0.4) is 0 Å². The van der Waals surface area contributed by atoms with Crippen LogP contribution in [0, 0.1) is 23.4 Å². The maximum Gasteiger partial charge on any atom is 0.244 e. The van der Waals surface area contributed by atoms with Crippen LogP contribution in [0.2, 0.25) is 0 Å². The van der Waals surface area contributed by atoms with Crippen LogP contribution < -0.4 is 10.9 Å². The predicted molar refractivity (Wildman–Crippen MR) is 61.4 cm³/mol. The molecule has 1 fully saturated rings. The number of benzene rings is 1. The van der Waals surface area contributed by atoms with E-state index in [1.54, 1.807) is 0 Å². The molecule has 0 heterocycles. The maximum atomic E-state index is 13.3. The molecule has 1 amide bonds. The van der Waals surface area contributed by atoms with E-state index in [-0.39, 0.29) is 5.69 Å². The van der Waals surface area contributed by atoms with E-state index >= 15 is 0 Å². The summed E-state index contributed by atoms with van der Waals surface area (Å²) in [7, 11) is 0. The van der Waals surface area contributed by atoms with E-state index in [0.29, 0.717) is 12.8 Å². The van der Waals surface area contributed by atoms with Crippen molar-refractivity contribution in [1.82, 2.24) is 5.43 Å². The molecule has 0 bridgehead atoms. The molecule has 0 aromatic heterocycles. The first-order valence-electron chi connectivity index (χ1n) is 5.88. The Morgan fingerprint density at radius 2 is 1.95 bits per heavy atom. The van der Waals surface area contributed by atoms with Crippen LogP contribution >= 0.6 is 0 Å². The second-order valence-electron chi connectivity index (χ2n) is 4.44. The van der Waals surface area contributed by atoms with Crippen LogP contribution in [0.25, 0.3) is 0 Å². The van der Waals surface area contributed by atoms with E-state index in [1.165, 1.54) is 0 Å². The lowest BCUT2D eigenvalue weighted by Crippen LogP contribution is -2.38. The number of halogens is 3. The SMILES string of the molecule is O=C(NNc1ccc(F)c(F)c1F)C1CCCC1O. The minimum atomic E-state index is -1.61. The van der Waals surface area contributed by atoms with E-state index < -0.39 is 35.4 Å². The largest absolute Gasteiger partial charge is 0.392 e. The summed E-state index contributed by atoms with van der Waals surface area (Å²) in [6.45, 7) is 0. The van der Waals surface area contributed by atoms with Gasteiger partial charge in [-0.3, -0.25) is 15.6 Å². The number of carbonyl (C=O) groups is 1. The lowest BCUT2D eigenvalue weighted by molar-refractivity contribution is -0.126. The highest BCUT2D eigenvalue weighted by Gasteiger charge is 2.31. The topological polar surface area (TPSA) is 61.4 Å². The molecule has 0 spiro atoms. The van der Waals surface area contributed by atoms with Gasteiger partial charge in [0, 0.05) is 0 Å². The van der Waals surface area contributed by atoms with Gasteiger partial charge in [0.05, 0.1) is 17.7 Å². The lowest BCUT2D eigenvalue weighted by Gasteiger charge is -2.16. The number of rotatable bonds is 3. The predicted octanol–water partition coefficient (Wildman–Crippen LogP) is 1.71. The molecule has 19 heavy (non-hydrogen) atoms. The van der Waals surface area contributed by atoms with Gasteiger partial charge >= 0.3 is 0 Å². The van der Waals surface area contributed by atoms with Crippen molar-refractivity contribution in [3.63, 3.8) is 0 Å². The number of nitrogens with one attached hydrogen (secondary N) is 2. The highest BCUT2D eigenvalue weighted by atomic mass is 19.2. The van der Waals surface area contributed by atoms with Crippen molar-refractivity contribution < 1.29 is 23.1 Å². The van der Waals surface area contributed by atoms with Crippen molar-refractivity contribution in [3.8, 4) is 0 Å². The quantitative estimate of drug-likeness (QED) is 0.581. The second kappa shape index (κ2) is 5.48. The molecule has 7 heteroatoms. The maximum absolute atomic E-state index is 13.3. The smallest absolute Gasteiger partial charge is 0.244 e. The Kier molecular flexibility index (Phi) is 3.94. The Morgan fingerprint density at radius 3 is 2.58 bits per heavy atom. The molecular weight excluding hydrogens is 261 g/mol. The molecule has 4 nitrogen and oxygen atoms in total. The van der Waals surface area contributed by atoms with E-state index in [1.807, 2.05) is 0 Å². The van der Waals surface area contributed by atoms with Crippen molar-refractivity contribution in [2.75, 3.05) is 5.43 Å². The van der Waals surface area contributed by atoms with Crippen molar-refractivity contribution in [2.24, 2.45) is 5.92 Å². The van der Waals surface area contributed by atoms with Gasteiger partial charge in [-0.15, -0.1) is 0 Å². The third-order valence-electron chi connectivity index (χ3n) is 3.17. The highest BCUT2D eigenvalue weighted by molar-refractivity contribution is 5.80. The summed E-state index contributed by atoms with van der Waals surface area (Å²) in [5, 5.41) is 9.52. The third-order valence-corrected chi connectivity index (χ3v) is 3.17. The fraction of sp³-hybridized carbons (Fsp3) is 0.417. The average Bonchev–Trinajstić information content (AvgIpc) is 2.81. The molecule has 1 aliphatic carbocycles. The zero-order valence-corrected chi connectivity index (χ0v) is 9.92. The van der Waals surface area contributed by atoms with Crippen LogP contribution in [0.1, 0.15) is 19.3 Å². The normalized spacial score (nSPS) is 22.3. The molecule has 1 aromatic rings. The third kappa shape index (κ3) is 2.81. The molecule has 0 radical (unpaired) electrons. The Morgan fingerprint density at radius 1 is 1.21 bits per heavy atom. The summed E-state index contributed by atoms with van der Waals surface area (Å²) in [5.74, 6) is -5.40. The molecule has 2 atom stereocenters. The Bertz CT molecular complexity index is 496. The van der Waals surface area contributed by atoms with Gasteiger partial charge in [0.15, 0.2) is 17.5 Å². The molecule has 104 valence electrons. The van der Waals surface area contributed by atoms with E-state index in [4.69, 9.17) is 0 Å². The number of aliphatic hydroxyl groups excluding tert-OH is 1. The first kappa shape index (κ1) is 13.7. The standard InChI is InChI=1S/C12H13F3N2O2/c13-7-4-5-8(11(15)10(7)14)16-17-12(19)6-2-1-3-9(6)18/h4-6,9,16,18H,1-3H2,(H,17,19). The van der Waals surface area contributed by atoms with Gasteiger partial charge < -0.3 is 5.11 Å².